The third kappa shape index (κ3) is 6.55. The first kappa shape index (κ1) is 27.1. The maximum absolute atomic E-state index is 13.4. The highest BCUT2D eigenvalue weighted by molar-refractivity contribution is 5.89. The molecule has 0 radical (unpaired) electrons. The molecule has 39 heavy (non-hydrogen) atoms. The Bertz CT molecular complexity index is 1360. The van der Waals surface area contributed by atoms with Gasteiger partial charge in [-0.25, -0.2) is 14.2 Å². The molecule has 1 saturated carbocycles. The van der Waals surface area contributed by atoms with Crippen molar-refractivity contribution in [2.45, 2.75) is 83.5 Å². The van der Waals surface area contributed by atoms with E-state index in [1.165, 1.54) is 17.2 Å². The second-order valence-electron chi connectivity index (χ2n) is 10.1. The van der Waals surface area contributed by atoms with Gasteiger partial charge in [-0.05, 0) is 37.5 Å². The van der Waals surface area contributed by atoms with Crippen LogP contribution in [0.1, 0.15) is 66.2 Å². The fourth-order valence-electron chi connectivity index (χ4n) is 5.09. The van der Waals surface area contributed by atoms with E-state index in [0.717, 1.165) is 35.8 Å². The molecular weight excluding hydrogens is 500 g/mol. The quantitative estimate of drug-likeness (QED) is 0.377. The fraction of sp³-hybridized carbons (Fsp3) is 0.433. The predicted octanol–water partition coefficient (Wildman–Crippen LogP) is 4.31. The molecule has 3 atom stereocenters. The molecule has 2 heterocycles. The summed E-state index contributed by atoms with van der Waals surface area (Å²) in [7, 11) is 0. The zero-order valence-electron chi connectivity index (χ0n) is 22.1. The van der Waals surface area contributed by atoms with Crippen molar-refractivity contribution in [2.24, 2.45) is 0 Å². The third-order valence-electron chi connectivity index (χ3n) is 7.18. The normalized spacial score (nSPS) is 21.6. The molecule has 206 valence electrons. The van der Waals surface area contributed by atoms with Gasteiger partial charge in [0.15, 0.2) is 12.4 Å². The minimum Gasteiger partial charge on any atom is -0.453 e. The van der Waals surface area contributed by atoms with Crippen molar-refractivity contribution in [3.05, 3.63) is 104 Å². The Balaban J connectivity index is 1.36. The number of aromatic nitrogens is 2. The Morgan fingerprint density at radius 3 is 2.38 bits per heavy atom. The lowest BCUT2D eigenvalue weighted by Gasteiger charge is -2.27. The molecular formula is C30H34N2O7. The molecule has 2 aromatic carbocycles. The summed E-state index contributed by atoms with van der Waals surface area (Å²) in [5.41, 5.74) is 0.744. The first-order valence-corrected chi connectivity index (χ1v) is 13.5. The van der Waals surface area contributed by atoms with Crippen molar-refractivity contribution in [2.75, 3.05) is 0 Å². The third-order valence-corrected chi connectivity index (χ3v) is 7.18. The monoisotopic (exact) mass is 534 g/mol. The molecule has 9 heteroatoms. The molecule has 9 nitrogen and oxygen atoms in total. The lowest BCUT2D eigenvalue weighted by Crippen LogP contribution is -2.42. The Hall–Kier alpha value is -3.53. The van der Waals surface area contributed by atoms with Crippen LogP contribution in [0.15, 0.2) is 76.4 Å². The molecule has 0 N–H and O–H groups in total. The number of rotatable bonds is 9. The van der Waals surface area contributed by atoms with Crippen molar-refractivity contribution in [1.82, 2.24) is 9.13 Å². The maximum atomic E-state index is 13.4. The van der Waals surface area contributed by atoms with Crippen LogP contribution in [-0.2, 0) is 32.3 Å². The molecule has 1 aliphatic carbocycles. The van der Waals surface area contributed by atoms with Crippen LogP contribution in [0.25, 0.3) is 0 Å². The molecule has 0 bridgehead atoms. The first-order chi connectivity index (χ1) is 19.0. The van der Waals surface area contributed by atoms with Crippen molar-refractivity contribution >= 4 is 5.97 Å². The highest BCUT2D eigenvalue weighted by Gasteiger charge is 2.42. The number of ether oxygens (including phenoxy) is 4. The Labute approximate surface area is 226 Å². The largest absolute Gasteiger partial charge is 0.453 e. The van der Waals surface area contributed by atoms with E-state index in [9.17, 15) is 14.4 Å². The topological polar surface area (TPSA) is 98.0 Å². The summed E-state index contributed by atoms with van der Waals surface area (Å²) >= 11 is 0. The second-order valence-corrected chi connectivity index (χ2v) is 10.1. The van der Waals surface area contributed by atoms with Gasteiger partial charge in [0.05, 0.1) is 18.3 Å². The Morgan fingerprint density at radius 2 is 1.67 bits per heavy atom. The van der Waals surface area contributed by atoms with Crippen LogP contribution in [0.4, 0.5) is 0 Å². The van der Waals surface area contributed by atoms with E-state index in [2.05, 4.69) is 0 Å². The van der Waals surface area contributed by atoms with Crippen molar-refractivity contribution in [3.8, 4) is 0 Å². The predicted molar refractivity (Wildman–Crippen MR) is 143 cm³/mol. The number of hydrogen-bond donors (Lipinski definition) is 0. The van der Waals surface area contributed by atoms with E-state index >= 15 is 0 Å². The number of esters is 1. The summed E-state index contributed by atoms with van der Waals surface area (Å²) in [6, 6.07) is 18.3. The molecule has 3 aromatic rings. The van der Waals surface area contributed by atoms with E-state index in [1.807, 2.05) is 36.4 Å². The lowest BCUT2D eigenvalue weighted by molar-refractivity contribution is -0.205. The van der Waals surface area contributed by atoms with Gasteiger partial charge >= 0.3 is 11.7 Å². The average Bonchev–Trinajstić information content (AvgIpc) is 3.35. The molecule has 1 saturated heterocycles. The number of carbonyl (C=O) groups excluding carboxylic acids is 1. The maximum Gasteiger partial charge on any atom is 0.338 e. The highest BCUT2D eigenvalue weighted by atomic mass is 16.7. The van der Waals surface area contributed by atoms with Crippen molar-refractivity contribution in [3.63, 3.8) is 0 Å². The van der Waals surface area contributed by atoms with Gasteiger partial charge < -0.3 is 18.9 Å². The fourth-order valence-corrected chi connectivity index (χ4v) is 5.09. The Kier molecular flexibility index (Phi) is 8.71. The molecule has 5 rings (SSSR count). The molecule has 0 unspecified atom stereocenters. The van der Waals surface area contributed by atoms with E-state index < -0.39 is 35.8 Å². The van der Waals surface area contributed by atoms with E-state index in [0.29, 0.717) is 11.1 Å². The van der Waals surface area contributed by atoms with Gasteiger partial charge in [0, 0.05) is 18.2 Å². The number of aryl methyl sites for hydroxylation is 1. The summed E-state index contributed by atoms with van der Waals surface area (Å²) in [5, 5.41) is 0. The van der Waals surface area contributed by atoms with Gasteiger partial charge in [0.1, 0.15) is 13.0 Å². The van der Waals surface area contributed by atoms with Crippen LogP contribution < -0.4 is 11.2 Å². The second kappa shape index (κ2) is 12.5. The van der Waals surface area contributed by atoms with E-state index in [1.54, 1.807) is 31.2 Å². The van der Waals surface area contributed by atoms with Gasteiger partial charge in [0.2, 0.25) is 0 Å². The van der Waals surface area contributed by atoms with Gasteiger partial charge in [-0.3, -0.25) is 9.36 Å². The van der Waals surface area contributed by atoms with Crippen molar-refractivity contribution in [1.29, 1.82) is 0 Å². The smallest absolute Gasteiger partial charge is 0.338 e. The van der Waals surface area contributed by atoms with Gasteiger partial charge in [-0.15, -0.1) is 0 Å². The van der Waals surface area contributed by atoms with E-state index in [4.69, 9.17) is 18.9 Å². The number of hydrogen-bond acceptors (Lipinski definition) is 7. The summed E-state index contributed by atoms with van der Waals surface area (Å²) in [6.07, 6.45) is 4.50. The van der Waals surface area contributed by atoms with Crippen LogP contribution >= 0.6 is 0 Å². The van der Waals surface area contributed by atoms with Crippen LogP contribution in [0.3, 0.4) is 0 Å². The Morgan fingerprint density at radius 1 is 0.974 bits per heavy atom. The number of carbonyl (C=O) groups is 1. The van der Waals surface area contributed by atoms with Crippen LogP contribution in [-0.4, -0.2) is 33.6 Å². The average molecular weight is 535 g/mol. The van der Waals surface area contributed by atoms with Crippen LogP contribution in [0.5, 0.6) is 0 Å². The lowest BCUT2D eigenvalue weighted by atomic mass is 9.98. The minimum absolute atomic E-state index is 0.000717. The molecule has 1 aliphatic heterocycles. The number of nitrogens with zero attached hydrogens (tertiary/aromatic N) is 2. The summed E-state index contributed by atoms with van der Waals surface area (Å²) < 4.78 is 26.5. The zero-order valence-corrected chi connectivity index (χ0v) is 22.1. The van der Waals surface area contributed by atoms with Gasteiger partial charge in [0.25, 0.3) is 5.56 Å². The van der Waals surface area contributed by atoms with Crippen LogP contribution in [0, 0.1) is 6.92 Å². The standard InChI is InChI=1S/C30H34N2O7/c1-21-18-31(30(35)32(27(21)33)20-36-19-22-11-5-2-6-12-22)26-17-25(38-28(34)23-13-7-3-8-14-23)29(39-26)37-24-15-9-4-10-16-24/h2-3,5-8,11-14,18,24-26,29H,4,9-10,15-17,19-20H2,1H3/t25-,26+,29-/m0/s1. The molecule has 0 spiro atoms. The molecule has 2 aliphatic rings. The SMILES string of the molecule is Cc1cn([C@H]2C[C@H](OC(=O)c3ccccc3)[C@@H](OC3CCCCC3)O2)c(=O)n(COCc2ccccc2)c1=O. The summed E-state index contributed by atoms with van der Waals surface area (Å²) in [6.45, 7) is 1.70. The minimum atomic E-state index is -0.826. The number of benzene rings is 2. The summed E-state index contributed by atoms with van der Waals surface area (Å²) in [4.78, 5) is 39.1. The van der Waals surface area contributed by atoms with Crippen molar-refractivity contribution < 1.29 is 23.7 Å². The van der Waals surface area contributed by atoms with Crippen LogP contribution in [0.2, 0.25) is 0 Å². The summed E-state index contributed by atoms with van der Waals surface area (Å²) in [5.74, 6) is -0.482. The highest BCUT2D eigenvalue weighted by Crippen LogP contribution is 2.34. The molecule has 2 fully saturated rings. The van der Waals surface area contributed by atoms with Gasteiger partial charge in [-0.2, -0.15) is 0 Å². The van der Waals surface area contributed by atoms with Gasteiger partial charge in [-0.1, -0.05) is 67.8 Å². The molecule has 0 amide bonds. The zero-order chi connectivity index (χ0) is 27.2. The molecule has 1 aromatic heterocycles. The first-order valence-electron chi connectivity index (χ1n) is 13.5. The van der Waals surface area contributed by atoms with E-state index in [-0.39, 0.29) is 25.9 Å².